The number of benzene rings is 2. The molecule has 0 spiro atoms. The average molecular weight is 324 g/mol. The van der Waals surface area contributed by atoms with Crippen LogP contribution < -0.4 is 11.1 Å². The molecule has 0 amide bonds. The Morgan fingerprint density at radius 2 is 1.81 bits per heavy atom. The molecular weight excluding hydrogens is 311 g/mol. The van der Waals surface area contributed by atoms with Gasteiger partial charge in [-0.25, -0.2) is 12.8 Å². The van der Waals surface area contributed by atoms with Crippen molar-refractivity contribution in [3.63, 3.8) is 0 Å². The van der Waals surface area contributed by atoms with Gasteiger partial charge in [0.05, 0.1) is 10.6 Å². The Morgan fingerprint density at radius 1 is 1.19 bits per heavy atom. The van der Waals surface area contributed by atoms with E-state index in [2.05, 4.69) is 5.32 Å². The highest BCUT2D eigenvalue weighted by atomic mass is 32.2. The van der Waals surface area contributed by atoms with Crippen molar-refractivity contribution in [3.8, 4) is 0 Å². The van der Waals surface area contributed by atoms with Crippen LogP contribution in [0.4, 0.5) is 15.8 Å². The number of nitrogens with one attached hydrogen (secondary N) is 1. The van der Waals surface area contributed by atoms with Gasteiger partial charge in [0.25, 0.3) is 0 Å². The summed E-state index contributed by atoms with van der Waals surface area (Å²) in [4.78, 5) is 0.329. The average Bonchev–Trinajstić information content (AvgIpc) is 2.40. The van der Waals surface area contributed by atoms with E-state index in [1.165, 1.54) is 24.3 Å². The molecule has 2 aromatic carbocycles. The van der Waals surface area contributed by atoms with Crippen LogP contribution >= 0.6 is 12.2 Å². The normalized spacial score (nSPS) is 11.1. The Balaban J connectivity index is 2.24. The second-order valence-electron chi connectivity index (χ2n) is 4.48. The molecule has 0 atom stereocenters. The zero-order chi connectivity index (χ0) is 15.6. The van der Waals surface area contributed by atoms with E-state index in [-0.39, 0.29) is 15.6 Å². The standard InChI is InChI=1S/C14H13FN2O2S2/c1-21(18,19)11-5-3-10(4-6-11)17-13-7-2-9(14(16)20)8-12(13)15/h2-8,17H,1H3,(H2,16,20). The minimum atomic E-state index is -3.25. The van der Waals surface area contributed by atoms with E-state index in [4.69, 9.17) is 18.0 Å². The van der Waals surface area contributed by atoms with Crippen LogP contribution in [-0.2, 0) is 9.84 Å². The van der Waals surface area contributed by atoms with Gasteiger partial charge >= 0.3 is 0 Å². The fourth-order valence-corrected chi connectivity index (χ4v) is 2.47. The highest BCUT2D eigenvalue weighted by Gasteiger charge is 2.08. The molecule has 0 heterocycles. The van der Waals surface area contributed by atoms with E-state index in [9.17, 15) is 12.8 Å². The number of thiocarbonyl (C=S) groups is 1. The van der Waals surface area contributed by atoms with E-state index in [1.54, 1.807) is 18.2 Å². The van der Waals surface area contributed by atoms with Crippen molar-refractivity contribution in [2.45, 2.75) is 4.90 Å². The van der Waals surface area contributed by atoms with Crippen molar-refractivity contribution in [3.05, 3.63) is 53.8 Å². The van der Waals surface area contributed by atoms with Crippen molar-refractivity contribution >= 4 is 38.4 Å². The molecule has 0 bridgehead atoms. The molecule has 0 radical (unpaired) electrons. The minimum Gasteiger partial charge on any atom is -0.389 e. The van der Waals surface area contributed by atoms with Crippen LogP contribution in [0.5, 0.6) is 0 Å². The summed E-state index contributed by atoms with van der Waals surface area (Å²) in [5, 5.41) is 2.86. The van der Waals surface area contributed by atoms with E-state index in [0.717, 1.165) is 6.26 Å². The summed E-state index contributed by atoms with van der Waals surface area (Å²) < 4.78 is 36.6. The topological polar surface area (TPSA) is 72.2 Å². The molecule has 2 aromatic rings. The van der Waals surface area contributed by atoms with Gasteiger partial charge < -0.3 is 11.1 Å². The molecule has 21 heavy (non-hydrogen) atoms. The number of anilines is 2. The molecule has 0 aromatic heterocycles. The van der Waals surface area contributed by atoms with Gasteiger partial charge in [-0.3, -0.25) is 0 Å². The number of hydrogen-bond donors (Lipinski definition) is 2. The number of nitrogens with two attached hydrogens (primary N) is 1. The van der Waals surface area contributed by atoms with Crippen LogP contribution in [0.2, 0.25) is 0 Å². The molecule has 110 valence electrons. The molecule has 3 N–H and O–H groups in total. The van der Waals surface area contributed by atoms with Gasteiger partial charge in [-0.15, -0.1) is 0 Å². The number of halogens is 1. The third-order valence-electron chi connectivity index (χ3n) is 2.82. The van der Waals surface area contributed by atoms with Crippen LogP contribution in [0.15, 0.2) is 47.4 Å². The van der Waals surface area contributed by atoms with Gasteiger partial charge in [-0.05, 0) is 42.5 Å². The van der Waals surface area contributed by atoms with Crippen molar-refractivity contribution in [1.82, 2.24) is 0 Å². The number of rotatable bonds is 4. The van der Waals surface area contributed by atoms with Gasteiger partial charge in [0.2, 0.25) is 0 Å². The molecule has 0 saturated carbocycles. The summed E-state index contributed by atoms with van der Waals surface area (Å²) in [6.45, 7) is 0. The van der Waals surface area contributed by atoms with E-state index < -0.39 is 15.7 Å². The largest absolute Gasteiger partial charge is 0.389 e. The Hall–Kier alpha value is -1.99. The number of sulfone groups is 1. The fourth-order valence-electron chi connectivity index (χ4n) is 1.71. The zero-order valence-corrected chi connectivity index (χ0v) is 12.8. The lowest BCUT2D eigenvalue weighted by Gasteiger charge is -2.09. The second-order valence-corrected chi connectivity index (χ2v) is 6.94. The SMILES string of the molecule is CS(=O)(=O)c1ccc(Nc2ccc(C(N)=S)cc2F)cc1. The Kier molecular flexibility index (Phi) is 4.24. The first-order chi connectivity index (χ1) is 9.77. The molecule has 0 aliphatic carbocycles. The smallest absolute Gasteiger partial charge is 0.175 e. The number of hydrogen-bond acceptors (Lipinski definition) is 4. The molecule has 4 nitrogen and oxygen atoms in total. The maximum absolute atomic E-state index is 13.9. The van der Waals surface area contributed by atoms with E-state index in [0.29, 0.717) is 11.3 Å². The van der Waals surface area contributed by atoms with Gasteiger partial charge in [-0.1, -0.05) is 12.2 Å². The molecule has 0 saturated heterocycles. The zero-order valence-electron chi connectivity index (χ0n) is 11.1. The molecule has 0 aliphatic rings. The van der Waals surface area contributed by atoms with Crippen molar-refractivity contribution in [1.29, 1.82) is 0 Å². The molecule has 0 fully saturated rings. The van der Waals surface area contributed by atoms with Crippen molar-refractivity contribution in [2.24, 2.45) is 5.73 Å². The van der Waals surface area contributed by atoms with Gasteiger partial charge in [-0.2, -0.15) is 0 Å². The molecular formula is C14H13FN2O2S2. The van der Waals surface area contributed by atoms with Crippen molar-refractivity contribution < 1.29 is 12.8 Å². The van der Waals surface area contributed by atoms with Crippen molar-refractivity contribution in [2.75, 3.05) is 11.6 Å². The van der Waals surface area contributed by atoms with Crippen LogP contribution in [0.3, 0.4) is 0 Å². The molecule has 0 unspecified atom stereocenters. The van der Waals surface area contributed by atoms with Crippen LogP contribution in [-0.4, -0.2) is 19.7 Å². The predicted molar refractivity (Wildman–Crippen MR) is 85.1 cm³/mol. The van der Waals surface area contributed by atoms with E-state index >= 15 is 0 Å². The monoisotopic (exact) mass is 324 g/mol. The third kappa shape index (κ3) is 3.77. The second kappa shape index (κ2) is 5.79. The third-order valence-corrected chi connectivity index (χ3v) is 4.18. The van der Waals surface area contributed by atoms with Gasteiger partial charge in [0, 0.05) is 17.5 Å². The lowest BCUT2D eigenvalue weighted by Crippen LogP contribution is -2.09. The highest BCUT2D eigenvalue weighted by molar-refractivity contribution is 7.90. The summed E-state index contributed by atoms with van der Waals surface area (Å²) in [5.74, 6) is -0.493. The summed E-state index contributed by atoms with van der Waals surface area (Å²) in [6.07, 6.45) is 1.13. The lowest BCUT2D eigenvalue weighted by atomic mass is 10.2. The first-order valence-corrected chi connectivity index (χ1v) is 8.24. The maximum atomic E-state index is 13.9. The summed E-state index contributed by atoms with van der Waals surface area (Å²) in [7, 11) is -3.25. The lowest BCUT2D eigenvalue weighted by molar-refractivity contribution is 0.602. The van der Waals surface area contributed by atoms with Crippen LogP contribution in [0.1, 0.15) is 5.56 Å². The Labute approximate surface area is 127 Å². The Bertz CT molecular complexity index is 787. The first kappa shape index (κ1) is 15.4. The summed E-state index contributed by atoms with van der Waals surface area (Å²) in [5.41, 5.74) is 6.70. The van der Waals surface area contributed by atoms with Crippen LogP contribution in [0.25, 0.3) is 0 Å². The molecule has 7 heteroatoms. The molecule has 2 rings (SSSR count). The predicted octanol–water partition coefficient (Wildman–Crippen LogP) is 2.61. The highest BCUT2D eigenvalue weighted by Crippen LogP contribution is 2.22. The van der Waals surface area contributed by atoms with Gasteiger partial charge in [0.15, 0.2) is 9.84 Å². The Morgan fingerprint density at radius 3 is 2.29 bits per heavy atom. The summed E-state index contributed by atoms with van der Waals surface area (Å²) >= 11 is 4.78. The first-order valence-electron chi connectivity index (χ1n) is 5.94. The molecule has 0 aliphatic heterocycles. The van der Waals surface area contributed by atoms with Crippen LogP contribution in [0, 0.1) is 5.82 Å². The fraction of sp³-hybridized carbons (Fsp3) is 0.0714. The maximum Gasteiger partial charge on any atom is 0.175 e. The summed E-state index contributed by atoms with van der Waals surface area (Å²) in [6, 6.07) is 10.4. The van der Waals surface area contributed by atoms with E-state index in [1.807, 2.05) is 0 Å². The minimum absolute atomic E-state index is 0.123. The quantitative estimate of drug-likeness (QED) is 0.846. The van der Waals surface area contributed by atoms with Gasteiger partial charge in [0.1, 0.15) is 10.8 Å².